The van der Waals surface area contributed by atoms with Crippen molar-refractivity contribution in [3.8, 4) is 0 Å². The second kappa shape index (κ2) is 11.9. The maximum Gasteiger partial charge on any atom is 0.326 e. The van der Waals surface area contributed by atoms with Crippen molar-refractivity contribution in [3.05, 3.63) is 0 Å². The standard InChI is InChI=1S/C16H29N5O7/c1-7(2)12(14(25)19-9(16(27)28)4-5-10(18)23)21-15(26)13(8(3)22)20-11(24)6-17/h7-9,12-13,22H,4-6,17H2,1-3H3,(H2,18,23)(H,19,25)(H,20,24)(H,21,26)(H,27,28). The zero-order valence-corrected chi connectivity index (χ0v) is 16.1. The van der Waals surface area contributed by atoms with E-state index in [2.05, 4.69) is 16.0 Å². The summed E-state index contributed by atoms with van der Waals surface area (Å²) in [6.45, 7) is 4.10. The number of nitrogens with one attached hydrogen (secondary N) is 3. The Hall–Kier alpha value is -2.73. The van der Waals surface area contributed by atoms with Crippen LogP contribution in [0.25, 0.3) is 0 Å². The van der Waals surface area contributed by atoms with Crippen molar-refractivity contribution >= 4 is 29.6 Å². The molecule has 0 aromatic carbocycles. The van der Waals surface area contributed by atoms with Gasteiger partial charge in [0.05, 0.1) is 12.6 Å². The molecule has 0 saturated carbocycles. The number of carbonyl (C=O) groups is 5. The highest BCUT2D eigenvalue weighted by Crippen LogP contribution is 2.06. The van der Waals surface area contributed by atoms with Crippen LogP contribution in [-0.4, -0.2) is 70.6 Å². The first-order valence-electron chi connectivity index (χ1n) is 8.70. The van der Waals surface area contributed by atoms with Crippen LogP contribution in [0.15, 0.2) is 0 Å². The van der Waals surface area contributed by atoms with Gasteiger partial charge in [0.1, 0.15) is 18.1 Å². The fraction of sp³-hybridized carbons (Fsp3) is 0.688. The third-order valence-electron chi connectivity index (χ3n) is 3.81. The Bertz CT molecular complexity index is 594. The van der Waals surface area contributed by atoms with E-state index in [0.717, 1.165) is 0 Å². The van der Waals surface area contributed by atoms with Crippen LogP contribution in [0.1, 0.15) is 33.6 Å². The number of aliphatic carboxylic acids is 1. The molecule has 0 rings (SSSR count). The number of aliphatic hydroxyl groups is 1. The minimum absolute atomic E-state index is 0.210. The molecule has 0 radical (unpaired) electrons. The van der Waals surface area contributed by atoms with Crippen LogP contribution in [0, 0.1) is 5.92 Å². The maximum absolute atomic E-state index is 12.5. The van der Waals surface area contributed by atoms with Gasteiger partial charge in [0, 0.05) is 6.42 Å². The Kier molecular flexibility index (Phi) is 10.7. The second-order valence-electron chi connectivity index (χ2n) is 6.62. The van der Waals surface area contributed by atoms with Crippen molar-refractivity contribution in [2.45, 2.75) is 57.8 Å². The van der Waals surface area contributed by atoms with Gasteiger partial charge >= 0.3 is 5.97 Å². The van der Waals surface area contributed by atoms with E-state index >= 15 is 0 Å². The maximum atomic E-state index is 12.5. The summed E-state index contributed by atoms with van der Waals surface area (Å²) in [4.78, 5) is 58.4. The molecule has 9 N–H and O–H groups in total. The highest BCUT2D eigenvalue weighted by Gasteiger charge is 2.32. The predicted octanol–water partition coefficient (Wildman–Crippen LogP) is -3.21. The summed E-state index contributed by atoms with van der Waals surface area (Å²) < 4.78 is 0. The van der Waals surface area contributed by atoms with Crippen LogP contribution in [-0.2, 0) is 24.0 Å². The lowest BCUT2D eigenvalue weighted by Crippen LogP contribution is -2.60. The molecule has 0 bridgehead atoms. The first kappa shape index (κ1) is 25.3. The average molecular weight is 403 g/mol. The lowest BCUT2D eigenvalue weighted by molar-refractivity contribution is -0.143. The van der Waals surface area contributed by atoms with Gasteiger partial charge < -0.3 is 37.6 Å². The van der Waals surface area contributed by atoms with E-state index < -0.39 is 66.3 Å². The molecular formula is C16H29N5O7. The third kappa shape index (κ3) is 8.77. The zero-order chi connectivity index (χ0) is 22.0. The van der Waals surface area contributed by atoms with Crippen LogP contribution in [0.2, 0.25) is 0 Å². The SMILES string of the molecule is CC(C)C(NC(=O)C(NC(=O)CN)C(C)O)C(=O)NC(CCC(N)=O)C(=O)O. The number of carboxylic acids is 1. The van der Waals surface area contributed by atoms with Gasteiger partial charge in [-0.3, -0.25) is 19.2 Å². The molecule has 0 aromatic heterocycles. The average Bonchev–Trinajstić information content (AvgIpc) is 2.59. The smallest absolute Gasteiger partial charge is 0.326 e. The summed E-state index contributed by atoms with van der Waals surface area (Å²) in [6, 6.07) is -3.88. The van der Waals surface area contributed by atoms with Crippen molar-refractivity contribution in [1.82, 2.24) is 16.0 Å². The van der Waals surface area contributed by atoms with Crippen molar-refractivity contribution in [2.24, 2.45) is 17.4 Å². The number of carboxylic acid groups (broad SMARTS) is 1. The van der Waals surface area contributed by atoms with Crippen LogP contribution in [0.3, 0.4) is 0 Å². The first-order chi connectivity index (χ1) is 12.9. The number of carbonyl (C=O) groups excluding carboxylic acids is 4. The van der Waals surface area contributed by atoms with Gasteiger partial charge in [-0.05, 0) is 19.3 Å². The molecule has 0 heterocycles. The lowest BCUT2D eigenvalue weighted by Gasteiger charge is -2.27. The summed E-state index contributed by atoms with van der Waals surface area (Å²) in [5, 5.41) is 25.8. The minimum atomic E-state index is -1.37. The van der Waals surface area contributed by atoms with E-state index in [9.17, 15) is 34.2 Å². The number of hydrogen-bond donors (Lipinski definition) is 7. The van der Waals surface area contributed by atoms with E-state index in [1.165, 1.54) is 6.92 Å². The van der Waals surface area contributed by atoms with Crippen LogP contribution < -0.4 is 27.4 Å². The summed E-state index contributed by atoms with van der Waals surface area (Å²) in [7, 11) is 0. The lowest BCUT2D eigenvalue weighted by atomic mass is 10.0. The second-order valence-corrected chi connectivity index (χ2v) is 6.62. The Labute approximate surface area is 162 Å². The van der Waals surface area contributed by atoms with Crippen molar-refractivity contribution in [2.75, 3.05) is 6.54 Å². The van der Waals surface area contributed by atoms with Gasteiger partial charge in [0.25, 0.3) is 0 Å². The van der Waals surface area contributed by atoms with E-state index in [1.807, 2.05) is 0 Å². The monoisotopic (exact) mass is 403 g/mol. The largest absolute Gasteiger partial charge is 0.480 e. The summed E-state index contributed by atoms with van der Waals surface area (Å²) >= 11 is 0. The van der Waals surface area contributed by atoms with Crippen LogP contribution >= 0.6 is 0 Å². The number of amides is 4. The summed E-state index contributed by atoms with van der Waals surface area (Å²) in [5.74, 6) is -4.84. The molecule has 0 aliphatic heterocycles. The van der Waals surface area contributed by atoms with Gasteiger partial charge in [-0.25, -0.2) is 4.79 Å². The normalized spacial score (nSPS) is 15.1. The molecule has 0 saturated heterocycles. The zero-order valence-electron chi connectivity index (χ0n) is 16.1. The summed E-state index contributed by atoms with van der Waals surface area (Å²) in [5.41, 5.74) is 10.2. The van der Waals surface area contributed by atoms with Gasteiger partial charge in [-0.2, -0.15) is 0 Å². The van der Waals surface area contributed by atoms with Gasteiger partial charge in [-0.1, -0.05) is 13.8 Å². The molecule has 160 valence electrons. The van der Waals surface area contributed by atoms with Gasteiger partial charge in [0.2, 0.25) is 23.6 Å². The molecule has 12 nitrogen and oxygen atoms in total. The number of rotatable bonds is 12. The molecule has 0 aromatic rings. The molecule has 0 spiro atoms. The number of primary amides is 1. The third-order valence-corrected chi connectivity index (χ3v) is 3.81. The number of aliphatic hydroxyl groups excluding tert-OH is 1. The fourth-order valence-corrected chi connectivity index (χ4v) is 2.22. The Morgan fingerprint density at radius 1 is 0.929 bits per heavy atom. The highest BCUT2D eigenvalue weighted by atomic mass is 16.4. The topological polar surface area (TPSA) is 214 Å². The van der Waals surface area contributed by atoms with Crippen molar-refractivity contribution in [3.63, 3.8) is 0 Å². The van der Waals surface area contributed by atoms with Crippen molar-refractivity contribution in [1.29, 1.82) is 0 Å². The van der Waals surface area contributed by atoms with Gasteiger partial charge in [-0.15, -0.1) is 0 Å². The van der Waals surface area contributed by atoms with Crippen LogP contribution in [0.5, 0.6) is 0 Å². The summed E-state index contributed by atoms with van der Waals surface area (Å²) in [6.07, 6.45) is -1.72. The molecule has 12 heteroatoms. The molecular weight excluding hydrogens is 374 g/mol. The molecule has 0 aliphatic carbocycles. The van der Waals surface area contributed by atoms with E-state index in [1.54, 1.807) is 13.8 Å². The van der Waals surface area contributed by atoms with E-state index in [0.29, 0.717) is 0 Å². The number of hydrogen-bond acceptors (Lipinski definition) is 7. The molecule has 4 atom stereocenters. The Balaban J connectivity index is 5.23. The molecule has 0 fully saturated rings. The van der Waals surface area contributed by atoms with Gasteiger partial charge in [0.15, 0.2) is 0 Å². The predicted molar refractivity (Wildman–Crippen MR) is 97.4 cm³/mol. The molecule has 4 amide bonds. The fourth-order valence-electron chi connectivity index (χ4n) is 2.22. The molecule has 0 aliphatic rings. The Morgan fingerprint density at radius 3 is 1.86 bits per heavy atom. The first-order valence-corrected chi connectivity index (χ1v) is 8.70. The number of nitrogens with two attached hydrogens (primary N) is 2. The van der Waals surface area contributed by atoms with Crippen LogP contribution in [0.4, 0.5) is 0 Å². The Morgan fingerprint density at radius 2 is 1.46 bits per heavy atom. The quantitative estimate of drug-likeness (QED) is 0.175. The van der Waals surface area contributed by atoms with E-state index in [4.69, 9.17) is 11.5 Å². The van der Waals surface area contributed by atoms with E-state index in [-0.39, 0.29) is 12.8 Å². The molecule has 28 heavy (non-hydrogen) atoms. The molecule has 4 unspecified atom stereocenters. The van der Waals surface area contributed by atoms with Crippen molar-refractivity contribution < 1.29 is 34.2 Å². The highest BCUT2D eigenvalue weighted by molar-refractivity contribution is 5.94. The minimum Gasteiger partial charge on any atom is -0.480 e.